The van der Waals surface area contributed by atoms with Crippen molar-refractivity contribution in [2.75, 3.05) is 5.73 Å². The van der Waals surface area contributed by atoms with Crippen molar-refractivity contribution in [1.82, 2.24) is 4.98 Å². The molecule has 0 saturated heterocycles. The van der Waals surface area contributed by atoms with Crippen LogP contribution in [-0.4, -0.2) is 9.91 Å². The van der Waals surface area contributed by atoms with Crippen molar-refractivity contribution in [3.05, 3.63) is 34.5 Å². The first-order chi connectivity index (χ1) is 5.65. The van der Waals surface area contributed by atoms with Crippen LogP contribution in [0.25, 0.3) is 6.08 Å². The Kier molecular flexibility index (Phi) is 2.05. The highest BCUT2D eigenvalue weighted by atomic mass is 16.6. The summed E-state index contributed by atoms with van der Waals surface area (Å²) in [6, 6.07) is 1.46. The van der Waals surface area contributed by atoms with Crippen LogP contribution in [0.15, 0.2) is 18.8 Å². The van der Waals surface area contributed by atoms with E-state index < -0.39 is 4.92 Å². The van der Waals surface area contributed by atoms with Crippen LogP contribution in [0.1, 0.15) is 5.56 Å². The fraction of sp³-hybridized carbons (Fsp3) is 0. The van der Waals surface area contributed by atoms with Crippen LogP contribution in [0.2, 0.25) is 0 Å². The van der Waals surface area contributed by atoms with Crippen molar-refractivity contribution in [2.24, 2.45) is 0 Å². The van der Waals surface area contributed by atoms with E-state index in [9.17, 15) is 10.1 Å². The molecule has 0 amide bonds. The SMILES string of the molecule is C=Cc1cnc([N+](=O)[O-])c(N)c1. The summed E-state index contributed by atoms with van der Waals surface area (Å²) in [5.41, 5.74) is 6.06. The fourth-order valence-electron chi connectivity index (χ4n) is 0.756. The molecule has 62 valence electrons. The molecule has 0 aliphatic rings. The third kappa shape index (κ3) is 1.39. The van der Waals surface area contributed by atoms with Gasteiger partial charge in [-0.2, -0.15) is 0 Å². The fourth-order valence-corrected chi connectivity index (χ4v) is 0.756. The van der Waals surface area contributed by atoms with E-state index in [4.69, 9.17) is 5.73 Å². The van der Waals surface area contributed by atoms with Crippen LogP contribution in [-0.2, 0) is 0 Å². The molecule has 1 heterocycles. The minimum Gasteiger partial charge on any atom is -0.392 e. The monoisotopic (exact) mass is 165 g/mol. The maximum Gasteiger partial charge on any atom is 0.386 e. The average Bonchev–Trinajstić information content (AvgIpc) is 2.03. The van der Waals surface area contributed by atoms with Gasteiger partial charge in [-0.3, -0.25) is 0 Å². The smallest absolute Gasteiger partial charge is 0.386 e. The molecule has 1 aromatic rings. The molecule has 5 heteroatoms. The average molecular weight is 165 g/mol. The first-order valence-electron chi connectivity index (χ1n) is 3.17. The second-order valence-corrected chi connectivity index (χ2v) is 2.14. The summed E-state index contributed by atoms with van der Waals surface area (Å²) >= 11 is 0. The van der Waals surface area contributed by atoms with E-state index in [1.807, 2.05) is 0 Å². The Balaban J connectivity index is 3.20. The van der Waals surface area contributed by atoms with Crippen molar-refractivity contribution >= 4 is 17.6 Å². The van der Waals surface area contributed by atoms with Crippen molar-refractivity contribution in [3.8, 4) is 0 Å². The number of nitrogens with two attached hydrogens (primary N) is 1. The quantitative estimate of drug-likeness (QED) is 0.527. The normalized spacial score (nSPS) is 9.33. The lowest BCUT2D eigenvalue weighted by Gasteiger charge is -1.96. The Labute approximate surface area is 68.7 Å². The van der Waals surface area contributed by atoms with Gasteiger partial charge in [0.1, 0.15) is 11.9 Å². The van der Waals surface area contributed by atoms with E-state index in [-0.39, 0.29) is 11.5 Å². The third-order valence-corrected chi connectivity index (χ3v) is 1.32. The molecule has 5 nitrogen and oxygen atoms in total. The summed E-state index contributed by atoms with van der Waals surface area (Å²) in [6.07, 6.45) is 2.87. The number of nitrogen functional groups attached to an aromatic ring is 1. The molecule has 0 unspecified atom stereocenters. The van der Waals surface area contributed by atoms with Crippen LogP contribution < -0.4 is 5.73 Å². The summed E-state index contributed by atoms with van der Waals surface area (Å²) in [4.78, 5) is 13.2. The van der Waals surface area contributed by atoms with Crippen LogP contribution >= 0.6 is 0 Å². The summed E-state index contributed by atoms with van der Waals surface area (Å²) in [5, 5.41) is 10.3. The van der Waals surface area contributed by atoms with E-state index in [0.29, 0.717) is 5.56 Å². The number of pyridine rings is 1. The molecule has 0 spiro atoms. The van der Waals surface area contributed by atoms with Crippen molar-refractivity contribution in [3.63, 3.8) is 0 Å². The maximum absolute atomic E-state index is 10.3. The van der Waals surface area contributed by atoms with Gasteiger partial charge in [0.05, 0.1) is 0 Å². The number of anilines is 1. The Hall–Kier alpha value is -1.91. The molecular formula is C7H7N3O2. The summed E-state index contributed by atoms with van der Waals surface area (Å²) < 4.78 is 0. The molecule has 0 aliphatic carbocycles. The number of hydrogen-bond acceptors (Lipinski definition) is 4. The number of aromatic nitrogens is 1. The number of nitro groups is 1. The summed E-state index contributed by atoms with van der Waals surface area (Å²) in [5.74, 6) is -0.319. The zero-order valence-electron chi connectivity index (χ0n) is 6.23. The Morgan fingerprint density at radius 1 is 1.75 bits per heavy atom. The van der Waals surface area contributed by atoms with E-state index in [0.717, 1.165) is 0 Å². The van der Waals surface area contributed by atoms with E-state index in [2.05, 4.69) is 11.6 Å². The third-order valence-electron chi connectivity index (χ3n) is 1.32. The molecule has 0 aliphatic heterocycles. The number of hydrogen-bond donors (Lipinski definition) is 1. The minimum atomic E-state index is -0.623. The second-order valence-electron chi connectivity index (χ2n) is 2.14. The Bertz CT molecular complexity index is 335. The Morgan fingerprint density at radius 2 is 2.42 bits per heavy atom. The highest BCUT2D eigenvalue weighted by Gasteiger charge is 2.11. The predicted octanol–water partition coefficient (Wildman–Crippen LogP) is 1.21. The molecule has 0 atom stereocenters. The van der Waals surface area contributed by atoms with Gasteiger partial charge in [0.25, 0.3) is 0 Å². The van der Waals surface area contributed by atoms with Crippen LogP contribution in [0, 0.1) is 10.1 Å². The van der Waals surface area contributed by atoms with Gasteiger partial charge in [-0.05, 0) is 16.0 Å². The molecule has 0 saturated carbocycles. The van der Waals surface area contributed by atoms with Gasteiger partial charge in [-0.1, -0.05) is 12.7 Å². The maximum atomic E-state index is 10.3. The van der Waals surface area contributed by atoms with E-state index >= 15 is 0 Å². The van der Waals surface area contributed by atoms with Crippen LogP contribution in [0.4, 0.5) is 11.5 Å². The molecule has 0 fully saturated rings. The molecule has 0 bridgehead atoms. The summed E-state index contributed by atoms with van der Waals surface area (Å²) in [6.45, 7) is 3.48. The molecule has 1 aromatic heterocycles. The first kappa shape index (κ1) is 8.19. The zero-order valence-corrected chi connectivity index (χ0v) is 6.23. The number of rotatable bonds is 2. The first-order valence-corrected chi connectivity index (χ1v) is 3.17. The van der Waals surface area contributed by atoms with Crippen molar-refractivity contribution in [2.45, 2.75) is 0 Å². The lowest BCUT2D eigenvalue weighted by Crippen LogP contribution is -1.98. The lowest BCUT2D eigenvalue weighted by atomic mass is 10.2. The lowest BCUT2D eigenvalue weighted by molar-refractivity contribution is -0.388. The largest absolute Gasteiger partial charge is 0.392 e. The Morgan fingerprint density at radius 3 is 2.83 bits per heavy atom. The molecule has 1 rings (SSSR count). The van der Waals surface area contributed by atoms with Gasteiger partial charge in [-0.25, -0.2) is 0 Å². The summed E-state index contributed by atoms with van der Waals surface area (Å²) in [7, 11) is 0. The zero-order chi connectivity index (χ0) is 9.14. The highest BCUT2D eigenvalue weighted by Crippen LogP contribution is 2.18. The van der Waals surface area contributed by atoms with Crippen LogP contribution in [0.3, 0.4) is 0 Å². The predicted molar refractivity (Wildman–Crippen MR) is 45.4 cm³/mol. The molecule has 12 heavy (non-hydrogen) atoms. The van der Waals surface area contributed by atoms with Gasteiger partial charge in [0.2, 0.25) is 0 Å². The van der Waals surface area contributed by atoms with Gasteiger partial charge >= 0.3 is 5.82 Å². The van der Waals surface area contributed by atoms with Crippen molar-refractivity contribution in [1.29, 1.82) is 0 Å². The molecule has 2 N–H and O–H groups in total. The van der Waals surface area contributed by atoms with Crippen molar-refractivity contribution < 1.29 is 4.92 Å². The molecule has 0 radical (unpaired) electrons. The molecule has 0 aromatic carbocycles. The van der Waals surface area contributed by atoms with E-state index in [1.54, 1.807) is 0 Å². The number of nitrogens with zero attached hydrogens (tertiary/aromatic N) is 2. The van der Waals surface area contributed by atoms with Crippen LogP contribution in [0.5, 0.6) is 0 Å². The van der Waals surface area contributed by atoms with Gasteiger partial charge in [0, 0.05) is 5.56 Å². The van der Waals surface area contributed by atoms with Gasteiger partial charge in [-0.15, -0.1) is 0 Å². The topological polar surface area (TPSA) is 82.0 Å². The van der Waals surface area contributed by atoms with E-state index in [1.165, 1.54) is 18.3 Å². The second kappa shape index (κ2) is 3.00. The van der Waals surface area contributed by atoms with Gasteiger partial charge < -0.3 is 15.8 Å². The standard InChI is InChI=1S/C7H7N3O2/c1-2-5-3-6(8)7(9-4-5)10(11)12/h2-4H,1,8H2. The highest BCUT2D eigenvalue weighted by molar-refractivity contribution is 5.60. The van der Waals surface area contributed by atoms with Gasteiger partial charge in [0.15, 0.2) is 0 Å². The minimum absolute atomic E-state index is 0.0531. The molecular weight excluding hydrogens is 158 g/mol.